The lowest BCUT2D eigenvalue weighted by molar-refractivity contribution is -0.140. The zero-order chi connectivity index (χ0) is 26.2. The molecule has 0 aliphatic heterocycles. The van der Waals surface area contributed by atoms with Crippen molar-refractivity contribution in [3.8, 4) is 0 Å². The predicted molar refractivity (Wildman–Crippen MR) is 137 cm³/mol. The van der Waals surface area contributed by atoms with Crippen molar-refractivity contribution in [2.24, 2.45) is 0 Å². The van der Waals surface area contributed by atoms with E-state index in [1.165, 1.54) is 21.3 Å². The van der Waals surface area contributed by atoms with E-state index in [1.54, 1.807) is 31.2 Å². The zero-order valence-electron chi connectivity index (χ0n) is 21.2. The molecule has 0 aliphatic carbocycles. The van der Waals surface area contributed by atoms with Crippen LogP contribution in [0, 0.1) is 19.7 Å². The van der Waals surface area contributed by atoms with Crippen LogP contribution < -0.4 is 9.62 Å². The number of anilines is 1. The summed E-state index contributed by atoms with van der Waals surface area (Å²) in [4.78, 5) is 27.3. The summed E-state index contributed by atoms with van der Waals surface area (Å²) in [6, 6.07) is 10.6. The normalized spacial score (nSPS) is 12.2. The molecule has 35 heavy (non-hydrogen) atoms. The summed E-state index contributed by atoms with van der Waals surface area (Å²) in [5.74, 6) is -0.926. The number of hydrogen-bond donors (Lipinski definition) is 1. The maximum absolute atomic E-state index is 13.3. The van der Waals surface area contributed by atoms with E-state index in [0.717, 1.165) is 23.8 Å². The molecule has 1 N–H and O–H groups in total. The SMILES string of the molecule is CCCNC(=O)[C@@H](C)N(Cc1ccc(F)cc1)C(=O)CCCN(c1cc(C)cc(C)c1)S(C)(=O)=O. The van der Waals surface area contributed by atoms with E-state index >= 15 is 0 Å². The number of nitrogens with one attached hydrogen (secondary N) is 1. The average molecular weight is 506 g/mol. The van der Waals surface area contributed by atoms with Crippen LogP contribution in [-0.4, -0.2) is 50.5 Å². The van der Waals surface area contributed by atoms with E-state index in [2.05, 4.69) is 5.32 Å². The molecule has 2 rings (SSSR count). The van der Waals surface area contributed by atoms with Gasteiger partial charge in [-0.1, -0.05) is 25.1 Å². The van der Waals surface area contributed by atoms with Crippen molar-refractivity contribution in [1.29, 1.82) is 0 Å². The largest absolute Gasteiger partial charge is 0.354 e. The van der Waals surface area contributed by atoms with Crippen LogP contribution in [0.3, 0.4) is 0 Å². The Hall–Kier alpha value is -2.94. The molecule has 192 valence electrons. The van der Waals surface area contributed by atoms with Gasteiger partial charge >= 0.3 is 0 Å². The fourth-order valence-corrected chi connectivity index (χ4v) is 4.81. The Morgan fingerprint density at radius 3 is 2.20 bits per heavy atom. The highest BCUT2D eigenvalue weighted by atomic mass is 32.2. The van der Waals surface area contributed by atoms with Crippen molar-refractivity contribution < 1.29 is 22.4 Å². The molecule has 9 heteroatoms. The molecule has 0 aromatic heterocycles. The van der Waals surface area contributed by atoms with E-state index in [4.69, 9.17) is 0 Å². The molecule has 1 atom stereocenters. The van der Waals surface area contributed by atoms with Gasteiger partial charge in [0.25, 0.3) is 0 Å². The molecule has 0 saturated heterocycles. The van der Waals surface area contributed by atoms with Gasteiger partial charge in [0, 0.05) is 26.1 Å². The number of aryl methyl sites for hydroxylation is 2. The second-order valence-corrected chi connectivity index (χ2v) is 10.8. The Morgan fingerprint density at radius 2 is 1.66 bits per heavy atom. The maximum atomic E-state index is 13.3. The molecular weight excluding hydrogens is 469 g/mol. The third-order valence-corrected chi connectivity index (χ3v) is 6.82. The summed E-state index contributed by atoms with van der Waals surface area (Å²) in [6.07, 6.45) is 2.25. The van der Waals surface area contributed by atoms with Crippen LogP contribution in [0.15, 0.2) is 42.5 Å². The molecular formula is C26H36FN3O4S. The Labute approximate surface area is 208 Å². The summed E-state index contributed by atoms with van der Waals surface area (Å²) >= 11 is 0. The molecule has 0 aliphatic rings. The van der Waals surface area contributed by atoms with E-state index in [1.807, 2.05) is 26.8 Å². The van der Waals surface area contributed by atoms with Gasteiger partial charge in [0.15, 0.2) is 0 Å². The van der Waals surface area contributed by atoms with Crippen LogP contribution >= 0.6 is 0 Å². The number of nitrogens with zero attached hydrogens (tertiary/aromatic N) is 2. The number of hydrogen-bond acceptors (Lipinski definition) is 4. The molecule has 2 amide bonds. The minimum absolute atomic E-state index is 0.0589. The molecule has 0 spiro atoms. The van der Waals surface area contributed by atoms with Crippen LogP contribution in [0.2, 0.25) is 0 Å². The van der Waals surface area contributed by atoms with Gasteiger partial charge in [-0.25, -0.2) is 12.8 Å². The first-order valence-electron chi connectivity index (χ1n) is 11.8. The first-order valence-corrected chi connectivity index (χ1v) is 13.6. The molecule has 2 aromatic carbocycles. The first-order chi connectivity index (χ1) is 16.4. The van der Waals surface area contributed by atoms with Gasteiger partial charge < -0.3 is 10.2 Å². The monoisotopic (exact) mass is 505 g/mol. The van der Waals surface area contributed by atoms with Crippen molar-refractivity contribution in [2.75, 3.05) is 23.7 Å². The maximum Gasteiger partial charge on any atom is 0.242 e. The Balaban J connectivity index is 2.17. The van der Waals surface area contributed by atoms with Crippen molar-refractivity contribution >= 4 is 27.5 Å². The predicted octanol–water partition coefficient (Wildman–Crippen LogP) is 3.93. The molecule has 0 bridgehead atoms. The Kier molecular flexibility index (Phi) is 10.2. The zero-order valence-corrected chi connectivity index (χ0v) is 22.0. The smallest absolute Gasteiger partial charge is 0.242 e. The second kappa shape index (κ2) is 12.7. The van der Waals surface area contributed by atoms with E-state index in [-0.39, 0.29) is 43.6 Å². The van der Waals surface area contributed by atoms with Crippen LogP contribution in [0.5, 0.6) is 0 Å². The van der Waals surface area contributed by atoms with Crippen LogP contribution in [0.4, 0.5) is 10.1 Å². The quantitative estimate of drug-likeness (QED) is 0.474. The van der Waals surface area contributed by atoms with Gasteiger partial charge in [-0.15, -0.1) is 0 Å². The fourth-order valence-electron chi connectivity index (χ4n) is 3.86. The van der Waals surface area contributed by atoms with Crippen molar-refractivity contribution in [1.82, 2.24) is 10.2 Å². The fraction of sp³-hybridized carbons (Fsp3) is 0.462. The summed E-state index contributed by atoms with van der Waals surface area (Å²) in [5, 5.41) is 2.81. The summed E-state index contributed by atoms with van der Waals surface area (Å²) in [6.45, 7) is 8.18. The standard InChI is InChI=1S/C26H36FN3O4S/c1-6-13-28-26(32)21(4)29(18-22-9-11-23(27)12-10-22)25(31)8-7-14-30(35(5,33)34)24-16-19(2)15-20(3)17-24/h9-12,15-17,21H,6-8,13-14,18H2,1-5H3,(H,28,32)/t21-/m1/s1. The van der Waals surface area contributed by atoms with Gasteiger partial charge in [0.1, 0.15) is 11.9 Å². The van der Waals surface area contributed by atoms with Gasteiger partial charge in [0.2, 0.25) is 21.8 Å². The Bertz CT molecular complexity index is 1100. The number of carbonyl (C=O) groups excluding carboxylic acids is 2. The lowest BCUT2D eigenvalue weighted by atomic mass is 10.1. The van der Waals surface area contributed by atoms with Crippen LogP contribution in [-0.2, 0) is 26.2 Å². The van der Waals surface area contributed by atoms with Crippen LogP contribution in [0.25, 0.3) is 0 Å². The van der Waals surface area contributed by atoms with Crippen molar-refractivity contribution in [3.63, 3.8) is 0 Å². The first kappa shape index (κ1) is 28.3. The number of amides is 2. The summed E-state index contributed by atoms with van der Waals surface area (Å²) in [5.41, 5.74) is 3.15. The molecule has 0 unspecified atom stereocenters. The van der Waals surface area contributed by atoms with Gasteiger partial charge in [-0.3, -0.25) is 13.9 Å². The van der Waals surface area contributed by atoms with Gasteiger partial charge in [-0.05, 0) is 74.6 Å². The number of halogens is 1. The van der Waals surface area contributed by atoms with Crippen LogP contribution in [0.1, 0.15) is 49.8 Å². The number of sulfonamides is 1. The second-order valence-electron chi connectivity index (χ2n) is 8.90. The molecule has 0 heterocycles. The van der Waals surface area contributed by atoms with Gasteiger partial charge in [0.05, 0.1) is 11.9 Å². The molecule has 7 nitrogen and oxygen atoms in total. The third-order valence-electron chi connectivity index (χ3n) is 5.63. The highest BCUT2D eigenvalue weighted by Crippen LogP contribution is 2.22. The minimum atomic E-state index is -3.55. The summed E-state index contributed by atoms with van der Waals surface area (Å²) < 4.78 is 39.6. The lowest BCUT2D eigenvalue weighted by Gasteiger charge is -2.29. The third kappa shape index (κ3) is 8.65. The van der Waals surface area contributed by atoms with E-state index in [9.17, 15) is 22.4 Å². The molecule has 2 aromatic rings. The minimum Gasteiger partial charge on any atom is -0.354 e. The number of benzene rings is 2. The number of carbonyl (C=O) groups is 2. The van der Waals surface area contributed by atoms with E-state index in [0.29, 0.717) is 17.8 Å². The highest BCUT2D eigenvalue weighted by molar-refractivity contribution is 7.92. The van der Waals surface area contributed by atoms with Crippen molar-refractivity contribution in [3.05, 3.63) is 65.0 Å². The topological polar surface area (TPSA) is 86.8 Å². The highest BCUT2D eigenvalue weighted by Gasteiger charge is 2.26. The average Bonchev–Trinajstić information content (AvgIpc) is 2.77. The molecule has 0 saturated carbocycles. The van der Waals surface area contributed by atoms with E-state index < -0.39 is 16.1 Å². The van der Waals surface area contributed by atoms with Crippen molar-refractivity contribution in [2.45, 2.75) is 59.5 Å². The Morgan fingerprint density at radius 1 is 1.06 bits per heavy atom. The summed E-state index contributed by atoms with van der Waals surface area (Å²) in [7, 11) is -3.55. The van der Waals surface area contributed by atoms with Gasteiger partial charge in [-0.2, -0.15) is 0 Å². The lowest BCUT2D eigenvalue weighted by Crippen LogP contribution is -2.47. The molecule has 0 radical (unpaired) electrons. The molecule has 0 fully saturated rings. The number of rotatable bonds is 12.